The topological polar surface area (TPSA) is 15.8 Å². The van der Waals surface area contributed by atoms with Crippen LogP contribution in [-0.2, 0) is 12.8 Å². The molecular weight excluding hydrogens is 213 g/mol. The fourth-order valence-corrected chi connectivity index (χ4v) is 3.03. The molecule has 1 aromatic carbocycles. The van der Waals surface area contributed by atoms with Crippen molar-refractivity contribution in [2.24, 2.45) is 5.41 Å². The highest BCUT2D eigenvalue weighted by molar-refractivity contribution is 5.88. The second kappa shape index (κ2) is 3.34. The second-order valence-electron chi connectivity index (χ2n) is 6.04. The van der Waals surface area contributed by atoms with Crippen LogP contribution in [0.15, 0.2) is 12.1 Å². The van der Waals surface area contributed by atoms with Gasteiger partial charge in [-0.1, -0.05) is 19.9 Å². The molecule has 0 unspecified atom stereocenters. The molecular formula is C15H18FN. The van der Waals surface area contributed by atoms with Gasteiger partial charge in [-0.2, -0.15) is 0 Å². The van der Waals surface area contributed by atoms with Gasteiger partial charge in [0.05, 0.1) is 5.52 Å². The summed E-state index contributed by atoms with van der Waals surface area (Å²) in [6, 6.07) is 3.44. The highest BCUT2D eigenvalue weighted by Gasteiger charge is 2.28. The van der Waals surface area contributed by atoms with Gasteiger partial charge in [-0.3, -0.25) is 0 Å². The number of fused-ring (bicyclic) bond motifs is 3. The van der Waals surface area contributed by atoms with Crippen molar-refractivity contribution in [3.05, 3.63) is 34.8 Å². The summed E-state index contributed by atoms with van der Waals surface area (Å²) in [6.07, 6.45) is 3.27. The van der Waals surface area contributed by atoms with E-state index in [9.17, 15) is 4.39 Å². The average molecular weight is 231 g/mol. The van der Waals surface area contributed by atoms with E-state index in [1.807, 2.05) is 6.07 Å². The lowest BCUT2D eigenvalue weighted by atomic mass is 9.76. The van der Waals surface area contributed by atoms with E-state index in [0.717, 1.165) is 18.2 Å². The molecule has 0 aliphatic heterocycles. The van der Waals surface area contributed by atoms with Crippen molar-refractivity contribution in [1.29, 1.82) is 0 Å². The largest absolute Gasteiger partial charge is 0.356 e. The smallest absolute Gasteiger partial charge is 0.147 e. The van der Waals surface area contributed by atoms with Crippen LogP contribution in [0.25, 0.3) is 10.9 Å². The fourth-order valence-electron chi connectivity index (χ4n) is 3.03. The van der Waals surface area contributed by atoms with E-state index >= 15 is 0 Å². The van der Waals surface area contributed by atoms with E-state index in [2.05, 4.69) is 25.8 Å². The first kappa shape index (κ1) is 10.8. The predicted octanol–water partition coefficient (Wildman–Crippen LogP) is 4.13. The summed E-state index contributed by atoms with van der Waals surface area (Å²) < 4.78 is 13.8. The van der Waals surface area contributed by atoms with Gasteiger partial charge in [0.2, 0.25) is 0 Å². The van der Waals surface area contributed by atoms with E-state index in [1.54, 1.807) is 6.07 Å². The SMILES string of the molecule is Cc1ccc(F)c2[nH]c3c(c12)CCC(C)(C)C3. The highest BCUT2D eigenvalue weighted by Crippen LogP contribution is 2.39. The summed E-state index contributed by atoms with van der Waals surface area (Å²) in [5.74, 6) is -0.127. The lowest BCUT2D eigenvalue weighted by Gasteiger charge is -2.29. The first-order chi connectivity index (χ1) is 7.98. The van der Waals surface area contributed by atoms with Crippen LogP contribution in [0.5, 0.6) is 0 Å². The molecule has 0 radical (unpaired) electrons. The maximum atomic E-state index is 13.8. The number of hydrogen-bond acceptors (Lipinski definition) is 0. The monoisotopic (exact) mass is 231 g/mol. The summed E-state index contributed by atoms with van der Waals surface area (Å²) >= 11 is 0. The Labute approximate surface area is 101 Å². The van der Waals surface area contributed by atoms with Crippen LogP contribution >= 0.6 is 0 Å². The van der Waals surface area contributed by atoms with Gasteiger partial charge >= 0.3 is 0 Å². The molecule has 0 atom stereocenters. The molecule has 0 saturated heterocycles. The van der Waals surface area contributed by atoms with Gasteiger partial charge < -0.3 is 4.98 Å². The van der Waals surface area contributed by atoms with Gasteiger partial charge in [0.15, 0.2) is 0 Å². The molecule has 1 N–H and O–H groups in total. The zero-order valence-electron chi connectivity index (χ0n) is 10.7. The number of aromatic nitrogens is 1. The van der Waals surface area contributed by atoms with Crippen molar-refractivity contribution >= 4 is 10.9 Å². The zero-order valence-corrected chi connectivity index (χ0v) is 10.7. The third kappa shape index (κ3) is 1.58. The van der Waals surface area contributed by atoms with Gasteiger partial charge in [0, 0.05) is 11.1 Å². The molecule has 3 rings (SSSR count). The van der Waals surface area contributed by atoms with Crippen LogP contribution < -0.4 is 0 Å². The Kier molecular flexibility index (Phi) is 2.13. The summed E-state index contributed by atoms with van der Waals surface area (Å²) in [7, 11) is 0. The van der Waals surface area contributed by atoms with Gasteiger partial charge in [0.1, 0.15) is 5.82 Å². The number of aromatic amines is 1. The van der Waals surface area contributed by atoms with Gasteiger partial charge in [-0.05, 0) is 48.8 Å². The van der Waals surface area contributed by atoms with Gasteiger partial charge in [-0.25, -0.2) is 4.39 Å². The first-order valence-electron chi connectivity index (χ1n) is 6.26. The third-order valence-electron chi connectivity index (χ3n) is 4.01. The lowest BCUT2D eigenvalue weighted by molar-refractivity contribution is 0.313. The number of aryl methyl sites for hydroxylation is 2. The molecule has 1 aliphatic carbocycles. The first-order valence-corrected chi connectivity index (χ1v) is 6.26. The predicted molar refractivity (Wildman–Crippen MR) is 68.8 cm³/mol. The van der Waals surface area contributed by atoms with E-state index in [4.69, 9.17) is 0 Å². The molecule has 90 valence electrons. The van der Waals surface area contributed by atoms with E-state index < -0.39 is 0 Å². The molecule has 0 fully saturated rings. The van der Waals surface area contributed by atoms with Crippen LogP contribution in [0.3, 0.4) is 0 Å². The molecule has 1 aromatic heterocycles. The molecule has 0 spiro atoms. The molecule has 2 heteroatoms. The maximum absolute atomic E-state index is 13.8. The Morgan fingerprint density at radius 1 is 1.29 bits per heavy atom. The van der Waals surface area contributed by atoms with Crippen molar-refractivity contribution < 1.29 is 4.39 Å². The number of halogens is 1. The summed E-state index contributed by atoms with van der Waals surface area (Å²) in [5.41, 5.74) is 4.80. The Hall–Kier alpha value is -1.31. The standard InChI is InChI=1S/C15H18FN/c1-9-4-5-11(16)14-13(9)10-6-7-15(2,3)8-12(10)17-14/h4-5,17H,6-8H2,1-3H3. The molecule has 17 heavy (non-hydrogen) atoms. The average Bonchev–Trinajstić information content (AvgIpc) is 2.61. The fraction of sp³-hybridized carbons (Fsp3) is 0.467. The molecule has 0 amide bonds. The third-order valence-corrected chi connectivity index (χ3v) is 4.01. The molecule has 1 heterocycles. The molecule has 0 saturated carbocycles. The van der Waals surface area contributed by atoms with Crippen LogP contribution in [0.4, 0.5) is 4.39 Å². The summed E-state index contributed by atoms with van der Waals surface area (Å²) in [4.78, 5) is 3.31. The summed E-state index contributed by atoms with van der Waals surface area (Å²) in [5, 5.41) is 1.12. The van der Waals surface area contributed by atoms with Crippen molar-refractivity contribution in [1.82, 2.24) is 4.98 Å². The van der Waals surface area contributed by atoms with Gasteiger partial charge in [0.25, 0.3) is 0 Å². The van der Waals surface area contributed by atoms with E-state index in [1.165, 1.54) is 23.2 Å². The number of nitrogens with one attached hydrogen (secondary N) is 1. The highest BCUT2D eigenvalue weighted by atomic mass is 19.1. The van der Waals surface area contributed by atoms with Gasteiger partial charge in [-0.15, -0.1) is 0 Å². The molecule has 2 aromatic rings. The number of H-pyrrole nitrogens is 1. The van der Waals surface area contributed by atoms with Crippen molar-refractivity contribution in [3.63, 3.8) is 0 Å². The second-order valence-corrected chi connectivity index (χ2v) is 6.04. The minimum absolute atomic E-state index is 0.127. The van der Waals surface area contributed by atoms with Crippen LogP contribution in [0.2, 0.25) is 0 Å². The quantitative estimate of drug-likeness (QED) is 0.701. The number of rotatable bonds is 0. The number of benzene rings is 1. The molecule has 1 aliphatic rings. The Bertz CT molecular complexity index is 592. The summed E-state index contributed by atoms with van der Waals surface area (Å²) in [6.45, 7) is 6.63. The van der Waals surface area contributed by atoms with Crippen LogP contribution in [0.1, 0.15) is 37.1 Å². The Morgan fingerprint density at radius 3 is 2.82 bits per heavy atom. The van der Waals surface area contributed by atoms with Crippen molar-refractivity contribution in [2.45, 2.75) is 40.0 Å². The molecule has 1 nitrogen and oxygen atoms in total. The maximum Gasteiger partial charge on any atom is 0.147 e. The normalized spacial score (nSPS) is 18.4. The van der Waals surface area contributed by atoms with Crippen molar-refractivity contribution in [3.8, 4) is 0 Å². The number of hydrogen-bond donors (Lipinski definition) is 1. The molecule has 0 bridgehead atoms. The minimum atomic E-state index is -0.127. The Balaban J connectivity index is 2.29. The van der Waals surface area contributed by atoms with E-state index in [0.29, 0.717) is 10.9 Å². The Morgan fingerprint density at radius 2 is 2.06 bits per heavy atom. The van der Waals surface area contributed by atoms with Crippen LogP contribution in [-0.4, -0.2) is 4.98 Å². The minimum Gasteiger partial charge on any atom is -0.356 e. The van der Waals surface area contributed by atoms with E-state index in [-0.39, 0.29) is 5.82 Å². The zero-order chi connectivity index (χ0) is 12.2. The van der Waals surface area contributed by atoms with Crippen molar-refractivity contribution in [2.75, 3.05) is 0 Å². The van der Waals surface area contributed by atoms with Crippen LogP contribution in [0, 0.1) is 18.2 Å². The lowest BCUT2D eigenvalue weighted by Crippen LogP contribution is -2.21.